The van der Waals surface area contributed by atoms with Crippen molar-refractivity contribution in [3.63, 3.8) is 0 Å². The molecule has 4 rings (SSSR count). The molecule has 0 bridgehead atoms. The smallest absolute Gasteiger partial charge is 0.252 e. The topological polar surface area (TPSA) is 49.0 Å². The van der Waals surface area contributed by atoms with Gasteiger partial charge in [-0.1, -0.05) is 18.6 Å². The minimum absolute atomic E-state index is 0.0149. The number of pyridine rings is 2. The van der Waals surface area contributed by atoms with Crippen molar-refractivity contribution >= 4 is 22.7 Å². The quantitative estimate of drug-likeness (QED) is 0.698. The van der Waals surface area contributed by atoms with Crippen LogP contribution in [-0.2, 0) is 6.54 Å². The van der Waals surface area contributed by atoms with Crippen LogP contribution < -0.4 is 5.56 Å². The summed E-state index contributed by atoms with van der Waals surface area (Å²) in [4.78, 5) is 23.8. The summed E-state index contributed by atoms with van der Waals surface area (Å²) in [6.07, 6.45) is 7.38. The molecule has 1 aliphatic rings. The van der Waals surface area contributed by atoms with Crippen molar-refractivity contribution in [2.24, 2.45) is 0 Å². The van der Waals surface area contributed by atoms with Crippen LogP contribution in [0.15, 0.2) is 58.4 Å². The Morgan fingerprint density at radius 2 is 2.15 bits per heavy atom. The number of hydrogen-bond acceptors (Lipinski definition) is 4. The zero-order chi connectivity index (χ0) is 17.9. The van der Waals surface area contributed by atoms with Gasteiger partial charge in [-0.2, -0.15) is 0 Å². The fourth-order valence-electron chi connectivity index (χ4n) is 3.78. The van der Waals surface area contributed by atoms with Gasteiger partial charge in [-0.15, -0.1) is 11.8 Å². The molecule has 0 amide bonds. The highest BCUT2D eigenvalue weighted by atomic mass is 32.2. The maximum absolute atomic E-state index is 12.6. The van der Waals surface area contributed by atoms with Crippen molar-refractivity contribution in [3.8, 4) is 0 Å². The summed E-state index contributed by atoms with van der Waals surface area (Å²) in [6, 6.07) is 14.7. The van der Waals surface area contributed by atoms with Crippen LogP contribution in [0.4, 0.5) is 0 Å². The van der Waals surface area contributed by atoms with E-state index in [1.807, 2.05) is 36.7 Å². The minimum Gasteiger partial charge on any atom is -0.322 e. The summed E-state index contributed by atoms with van der Waals surface area (Å²) >= 11 is 1.68. The predicted molar refractivity (Wildman–Crippen MR) is 108 cm³/mol. The van der Waals surface area contributed by atoms with Crippen LogP contribution in [0.1, 0.15) is 36.6 Å². The zero-order valence-electron chi connectivity index (χ0n) is 14.9. The molecule has 1 aromatic carbocycles. The number of H-pyrrole nitrogens is 1. The Labute approximate surface area is 157 Å². The van der Waals surface area contributed by atoms with Gasteiger partial charge in [0.05, 0.1) is 11.7 Å². The van der Waals surface area contributed by atoms with E-state index >= 15 is 0 Å². The summed E-state index contributed by atoms with van der Waals surface area (Å²) in [5.41, 5.74) is 2.86. The zero-order valence-corrected chi connectivity index (χ0v) is 15.8. The summed E-state index contributed by atoms with van der Waals surface area (Å²) in [5.74, 6) is 0. The monoisotopic (exact) mass is 365 g/mol. The number of nitrogens with one attached hydrogen (secondary N) is 1. The highest BCUT2D eigenvalue weighted by Gasteiger charge is 2.25. The predicted octanol–water partition coefficient (Wildman–Crippen LogP) is 4.37. The van der Waals surface area contributed by atoms with Crippen LogP contribution in [0.5, 0.6) is 0 Å². The average Bonchev–Trinajstić information content (AvgIpc) is 2.69. The van der Waals surface area contributed by atoms with Gasteiger partial charge in [0, 0.05) is 28.7 Å². The molecule has 0 saturated carbocycles. The second-order valence-corrected chi connectivity index (χ2v) is 7.69. The van der Waals surface area contributed by atoms with E-state index in [9.17, 15) is 4.79 Å². The van der Waals surface area contributed by atoms with Crippen LogP contribution in [0.2, 0.25) is 0 Å². The Balaban J connectivity index is 1.64. The number of rotatable bonds is 4. The van der Waals surface area contributed by atoms with Gasteiger partial charge >= 0.3 is 0 Å². The molecule has 4 nitrogen and oxygen atoms in total. The summed E-state index contributed by atoms with van der Waals surface area (Å²) in [7, 11) is 0. The third kappa shape index (κ3) is 3.55. The van der Waals surface area contributed by atoms with Gasteiger partial charge in [-0.3, -0.25) is 14.7 Å². The average molecular weight is 366 g/mol. The van der Waals surface area contributed by atoms with E-state index in [0.717, 1.165) is 40.0 Å². The van der Waals surface area contributed by atoms with E-state index in [1.165, 1.54) is 12.8 Å². The normalized spacial score (nSPS) is 18.3. The molecule has 3 heterocycles. The van der Waals surface area contributed by atoms with Gasteiger partial charge in [-0.05, 0) is 61.4 Å². The number of benzene rings is 1. The maximum Gasteiger partial charge on any atom is 0.252 e. The van der Waals surface area contributed by atoms with Crippen molar-refractivity contribution in [1.82, 2.24) is 14.9 Å². The number of aromatic nitrogens is 2. The van der Waals surface area contributed by atoms with E-state index in [1.54, 1.807) is 11.8 Å². The molecule has 3 aromatic rings. The van der Waals surface area contributed by atoms with Crippen molar-refractivity contribution < 1.29 is 0 Å². The van der Waals surface area contributed by atoms with Gasteiger partial charge < -0.3 is 4.98 Å². The lowest BCUT2D eigenvalue weighted by atomic mass is 9.98. The van der Waals surface area contributed by atoms with Crippen LogP contribution in [0.3, 0.4) is 0 Å². The van der Waals surface area contributed by atoms with Gasteiger partial charge in [0.2, 0.25) is 0 Å². The van der Waals surface area contributed by atoms with Crippen LogP contribution in [-0.4, -0.2) is 27.7 Å². The van der Waals surface area contributed by atoms with Crippen LogP contribution in [0.25, 0.3) is 10.9 Å². The lowest BCUT2D eigenvalue weighted by Gasteiger charge is -2.35. The van der Waals surface area contributed by atoms with E-state index in [2.05, 4.69) is 33.1 Å². The van der Waals surface area contributed by atoms with Gasteiger partial charge in [0.15, 0.2) is 0 Å². The molecule has 0 spiro atoms. The third-order valence-corrected chi connectivity index (χ3v) is 5.87. The lowest BCUT2D eigenvalue weighted by molar-refractivity contribution is 0.137. The van der Waals surface area contributed by atoms with Crippen LogP contribution >= 0.6 is 11.8 Å². The molecule has 134 valence electrons. The Bertz CT molecular complexity index is 954. The largest absolute Gasteiger partial charge is 0.322 e. The highest BCUT2D eigenvalue weighted by Crippen LogP contribution is 2.31. The number of hydrogen-bond donors (Lipinski definition) is 1. The first-order valence-electron chi connectivity index (χ1n) is 9.09. The van der Waals surface area contributed by atoms with Gasteiger partial charge in [-0.25, -0.2) is 0 Å². The minimum atomic E-state index is 0.0149. The first-order chi connectivity index (χ1) is 12.7. The highest BCUT2D eigenvalue weighted by molar-refractivity contribution is 7.98. The Kier molecular flexibility index (Phi) is 5.09. The maximum atomic E-state index is 12.6. The number of nitrogens with zero attached hydrogens (tertiary/aromatic N) is 2. The van der Waals surface area contributed by atoms with Gasteiger partial charge in [0.1, 0.15) is 0 Å². The Hall–Kier alpha value is -2.11. The third-order valence-electron chi connectivity index (χ3n) is 5.15. The van der Waals surface area contributed by atoms with Crippen molar-refractivity contribution in [2.45, 2.75) is 36.7 Å². The molecule has 1 fully saturated rings. The summed E-state index contributed by atoms with van der Waals surface area (Å²) in [5, 5.41) is 1.09. The number of fused-ring (bicyclic) bond motifs is 1. The first kappa shape index (κ1) is 17.3. The Morgan fingerprint density at radius 1 is 1.23 bits per heavy atom. The standard InChI is InChI=1S/C21H23N3OS/c1-26-17-9-8-15-12-16(21(25)23-19(15)13-17)14-24-11-5-3-7-20(24)18-6-2-4-10-22-18/h2,4,6,8-10,12-13,20H,3,5,7,11,14H2,1H3,(H,23,25)/t20-/m1/s1. The fraction of sp³-hybridized carbons (Fsp3) is 0.333. The van der Waals surface area contributed by atoms with Crippen molar-refractivity contribution in [1.29, 1.82) is 0 Å². The first-order valence-corrected chi connectivity index (χ1v) is 10.3. The van der Waals surface area contributed by atoms with E-state index in [4.69, 9.17) is 0 Å². The summed E-state index contributed by atoms with van der Waals surface area (Å²) < 4.78 is 0. The fourth-order valence-corrected chi connectivity index (χ4v) is 4.22. The molecule has 1 aliphatic heterocycles. The van der Waals surface area contributed by atoms with E-state index in [0.29, 0.717) is 12.6 Å². The summed E-state index contributed by atoms with van der Waals surface area (Å²) in [6.45, 7) is 1.67. The molecule has 5 heteroatoms. The molecule has 2 aromatic heterocycles. The Morgan fingerprint density at radius 3 is 2.96 bits per heavy atom. The molecule has 1 N–H and O–H groups in total. The van der Waals surface area contributed by atoms with Crippen molar-refractivity contribution in [3.05, 3.63) is 70.3 Å². The molecule has 1 saturated heterocycles. The molecular weight excluding hydrogens is 342 g/mol. The SMILES string of the molecule is CSc1ccc2cc(CN3CCCC[C@@H]3c3ccccn3)c(=O)[nH]c2c1. The van der Waals surface area contributed by atoms with E-state index < -0.39 is 0 Å². The van der Waals surface area contributed by atoms with E-state index in [-0.39, 0.29) is 5.56 Å². The number of aromatic amines is 1. The number of thioether (sulfide) groups is 1. The molecule has 0 unspecified atom stereocenters. The number of piperidine rings is 1. The van der Waals surface area contributed by atoms with Crippen molar-refractivity contribution in [2.75, 3.05) is 12.8 Å². The van der Waals surface area contributed by atoms with Crippen LogP contribution in [0, 0.1) is 0 Å². The lowest BCUT2D eigenvalue weighted by Crippen LogP contribution is -2.35. The molecular formula is C21H23N3OS. The second kappa shape index (κ2) is 7.64. The molecule has 1 atom stereocenters. The molecule has 0 radical (unpaired) electrons. The molecule has 26 heavy (non-hydrogen) atoms. The number of likely N-dealkylation sites (tertiary alicyclic amines) is 1. The molecule has 0 aliphatic carbocycles. The van der Waals surface area contributed by atoms with Gasteiger partial charge in [0.25, 0.3) is 5.56 Å². The second-order valence-electron chi connectivity index (χ2n) is 6.81.